The van der Waals surface area contributed by atoms with Gasteiger partial charge < -0.3 is 14.8 Å². The van der Waals surface area contributed by atoms with Crippen LogP contribution in [0.2, 0.25) is 5.02 Å². The van der Waals surface area contributed by atoms with Gasteiger partial charge in [-0.2, -0.15) is 0 Å². The van der Waals surface area contributed by atoms with Gasteiger partial charge in [-0.15, -0.1) is 0 Å². The van der Waals surface area contributed by atoms with Crippen LogP contribution >= 0.6 is 11.6 Å². The molecule has 20 heavy (non-hydrogen) atoms. The molecule has 114 valence electrons. The van der Waals surface area contributed by atoms with Crippen LogP contribution in [0, 0.1) is 0 Å². The first-order chi connectivity index (χ1) is 9.32. The minimum atomic E-state index is -3.04. The number of anilines is 1. The molecule has 0 spiro atoms. The fourth-order valence-electron chi connectivity index (χ4n) is 1.78. The monoisotopic (exact) mass is 321 g/mol. The second-order valence-electron chi connectivity index (χ2n) is 4.43. The molecular formula is C13H20ClNO4S. The van der Waals surface area contributed by atoms with E-state index < -0.39 is 9.84 Å². The molecule has 0 saturated carbocycles. The number of hydrogen-bond donors (Lipinski definition) is 1. The lowest BCUT2D eigenvalue weighted by atomic mass is 10.2. The van der Waals surface area contributed by atoms with E-state index in [-0.39, 0.29) is 17.5 Å². The summed E-state index contributed by atoms with van der Waals surface area (Å²) in [6.07, 6.45) is 0. The Bertz CT molecular complexity index is 560. The van der Waals surface area contributed by atoms with Gasteiger partial charge >= 0.3 is 0 Å². The number of halogens is 1. The first-order valence-electron chi connectivity index (χ1n) is 6.21. The van der Waals surface area contributed by atoms with Gasteiger partial charge in [-0.3, -0.25) is 0 Å². The van der Waals surface area contributed by atoms with Crippen molar-refractivity contribution in [3.8, 4) is 11.5 Å². The third-order valence-electron chi connectivity index (χ3n) is 2.82. The molecule has 0 aliphatic heterocycles. The number of benzene rings is 1. The smallest absolute Gasteiger partial charge is 0.152 e. The molecule has 1 atom stereocenters. The molecule has 0 aromatic heterocycles. The number of hydrogen-bond acceptors (Lipinski definition) is 5. The van der Waals surface area contributed by atoms with E-state index >= 15 is 0 Å². The Kier molecular flexibility index (Phi) is 5.95. The zero-order valence-corrected chi connectivity index (χ0v) is 13.6. The van der Waals surface area contributed by atoms with Gasteiger partial charge in [0.25, 0.3) is 0 Å². The summed E-state index contributed by atoms with van der Waals surface area (Å²) in [5, 5.41) is 3.54. The van der Waals surface area contributed by atoms with Gasteiger partial charge in [0.05, 0.1) is 30.7 Å². The molecule has 1 rings (SSSR count). The average Bonchev–Trinajstić information content (AvgIpc) is 2.39. The number of ether oxygens (including phenoxy) is 2. The molecule has 0 aliphatic rings. The molecule has 5 nitrogen and oxygen atoms in total. The normalized spacial score (nSPS) is 12.8. The topological polar surface area (TPSA) is 64.6 Å². The summed E-state index contributed by atoms with van der Waals surface area (Å²) in [4.78, 5) is 0. The highest BCUT2D eigenvalue weighted by molar-refractivity contribution is 7.91. The van der Waals surface area contributed by atoms with Gasteiger partial charge in [-0.05, 0) is 6.92 Å². The van der Waals surface area contributed by atoms with Gasteiger partial charge in [-0.1, -0.05) is 18.5 Å². The van der Waals surface area contributed by atoms with Crippen LogP contribution in [0.5, 0.6) is 11.5 Å². The summed E-state index contributed by atoms with van der Waals surface area (Å²) in [5.74, 6) is 1.22. The van der Waals surface area contributed by atoms with E-state index in [2.05, 4.69) is 5.32 Å². The zero-order chi connectivity index (χ0) is 15.3. The van der Waals surface area contributed by atoms with Gasteiger partial charge in [0.1, 0.15) is 11.5 Å². The first kappa shape index (κ1) is 16.9. The molecule has 0 heterocycles. The van der Waals surface area contributed by atoms with Crippen LogP contribution in [-0.2, 0) is 9.84 Å². The van der Waals surface area contributed by atoms with Crippen molar-refractivity contribution in [1.29, 1.82) is 0 Å². The Labute approximate surface area is 125 Å². The molecule has 1 aromatic rings. The minimum Gasteiger partial charge on any atom is -0.495 e. The van der Waals surface area contributed by atoms with Gasteiger partial charge in [0, 0.05) is 23.9 Å². The standard InChI is InChI=1S/C13H20ClNO4S/c1-5-20(16,17)8-9(2)15-11-7-12(18-3)10(14)6-13(11)19-4/h6-7,9,15H,5,8H2,1-4H3. The van der Waals surface area contributed by atoms with Crippen molar-refractivity contribution in [3.63, 3.8) is 0 Å². The summed E-state index contributed by atoms with van der Waals surface area (Å²) in [7, 11) is -0.00200. The lowest BCUT2D eigenvalue weighted by Crippen LogP contribution is -2.26. The Hall–Kier alpha value is -1.14. The average molecular weight is 322 g/mol. The second kappa shape index (κ2) is 7.04. The summed E-state index contributed by atoms with van der Waals surface area (Å²) < 4.78 is 33.6. The maximum Gasteiger partial charge on any atom is 0.152 e. The molecule has 0 fully saturated rings. The van der Waals surface area contributed by atoms with E-state index in [0.717, 1.165) is 0 Å². The van der Waals surface area contributed by atoms with Crippen molar-refractivity contribution in [2.45, 2.75) is 19.9 Å². The van der Waals surface area contributed by atoms with Crippen molar-refractivity contribution >= 4 is 27.1 Å². The first-order valence-corrected chi connectivity index (χ1v) is 8.41. The van der Waals surface area contributed by atoms with E-state index in [0.29, 0.717) is 22.2 Å². The summed E-state index contributed by atoms with van der Waals surface area (Å²) in [6.45, 7) is 3.43. The van der Waals surface area contributed by atoms with E-state index in [1.807, 2.05) is 0 Å². The van der Waals surface area contributed by atoms with Gasteiger partial charge in [-0.25, -0.2) is 8.42 Å². The number of rotatable bonds is 7. The summed E-state index contributed by atoms with van der Waals surface area (Å²) in [6, 6.07) is 3.07. The van der Waals surface area contributed by atoms with Crippen LogP contribution in [-0.4, -0.2) is 40.2 Å². The van der Waals surface area contributed by atoms with Crippen molar-refractivity contribution in [2.75, 3.05) is 31.0 Å². The molecule has 1 unspecified atom stereocenters. The van der Waals surface area contributed by atoms with Crippen LogP contribution in [0.25, 0.3) is 0 Å². The Balaban J connectivity index is 2.96. The Morgan fingerprint density at radius 3 is 2.35 bits per heavy atom. The highest BCUT2D eigenvalue weighted by Crippen LogP contribution is 2.36. The van der Waals surface area contributed by atoms with Crippen LogP contribution in [0.15, 0.2) is 12.1 Å². The zero-order valence-electron chi connectivity index (χ0n) is 12.1. The fourth-order valence-corrected chi connectivity index (χ4v) is 3.09. The molecule has 0 bridgehead atoms. The predicted octanol–water partition coefficient (Wildman–Crippen LogP) is 2.59. The molecule has 1 N–H and O–H groups in total. The highest BCUT2D eigenvalue weighted by Gasteiger charge is 2.16. The van der Waals surface area contributed by atoms with Crippen LogP contribution in [0.1, 0.15) is 13.8 Å². The molecule has 1 aromatic carbocycles. The predicted molar refractivity (Wildman–Crippen MR) is 82.0 cm³/mol. The number of sulfone groups is 1. The molecular weight excluding hydrogens is 302 g/mol. The SMILES string of the molecule is CCS(=O)(=O)CC(C)Nc1cc(OC)c(Cl)cc1OC. The van der Waals surface area contributed by atoms with Gasteiger partial charge in [0.15, 0.2) is 9.84 Å². The highest BCUT2D eigenvalue weighted by atomic mass is 35.5. The lowest BCUT2D eigenvalue weighted by Gasteiger charge is -2.18. The van der Waals surface area contributed by atoms with E-state index in [9.17, 15) is 8.42 Å². The van der Waals surface area contributed by atoms with Crippen molar-refractivity contribution in [2.24, 2.45) is 0 Å². The molecule has 0 radical (unpaired) electrons. The van der Waals surface area contributed by atoms with E-state index in [4.69, 9.17) is 21.1 Å². The summed E-state index contributed by atoms with van der Waals surface area (Å²) in [5.41, 5.74) is 0.646. The minimum absolute atomic E-state index is 0.0532. The molecule has 7 heteroatoms. The molecule has 0 aliphatic carbocycles. The van der Waals surface area contributed by atoms with Crippen LogP contribution in [0.3, 0.4) is 0 Å². The fraction of sp³-hybridized carbons (Fsp3) is 0.538. The lowest BCUT2D eigenvalue weighted by molar-refractivity contribution is 0.404. The van der Waals surface area contributed by atoms with Crippen molar-refractivity contribution < 1.29 is 17.9 Å². The molecule has 0 amide bonds. The van der Waals surface area contributed by atoms with Crippen molar-refractivity contribution in [3.05, 3.63) is 17.2 Å². The third kappa shape index (κ3) is 4.45. The second-order valence-corrected chi connectivity index (χ2v) is 7.24. The third-order valence-corrected chi connectivity index (χ3v) is 5.00. The number of methoxy groups -OCH3 is 2. The van der Waals surface area contributed by atoms with E-state index in [1.54, 1.807) is 26.0 Å². The van der Waals surface area contributed by atoms with Crippen LogP contribution < -0.4 is 14.8 Å². The van der Waals surface area contributed by atoms with Crippen LogP contribution in [0.4, 0.5) is 5.69 Å². The Morgan fingerprint density at radius 1 is 1.25 bits per heavy atom. The summed E-state index contributed by atoms with van der Waals surface area (Å²) >= 11 is 6.02. The Morgan fingerprint density at radius 2 is 1.85 bits per heavy atom. The molecule has 0 saturated heterocycles. The van der Waals surface area contributed by atoms with E-state index in [1.165, 1.54) is 14.2 Å². The maximum atomic E-state index is 11.6. The number of nitrogens with one attached hydrogen (secondary N) is 1. The van der Waals surface area contributed by atoms with Gasteiger partial charge in [0.2, 0.25) is 0 Å². The quantitative estimate of drug-likeness (QED) is 0.836. The van der Waals surface area contributed by atoms with Crippen molar-refractivity contribution in [1.82, 2.24) is 0 Å². The maximum absolute atomic E-state index is 11.6. The largest absolute Gasteiger partial charge is 0.495 e.